The molecule has 2 aromatic rings. The lowest BCUT2D eigenvalue weighted by Gasteiger charge is -2.22. The van der Waals surface area contributed by atoms with Gasteiger partial charge in [-0.2, -0.15) is 0 Å². The maximum atomic E-state index is 12.9. The van der Waals surface area contributed by atoms with Crippen LogP contribution >= 0.6 is 0 Å². The van der Waals surface area contributed by atoms with Crippen molar-refractivity contribution in [3.8, 4) is 0 Å². The molecule has 0 aromatic heterocycles. The molecule has 32 heavy (non-hydrogen) atoms. The predicted octanol–water partition coefficient (Wildman–Crippen LogP) is 4.30. The minimum Gasteiger partial charge on any atom is -0.326 e. The van der Waals surface area contributed by atoms with Crippen LogP contribution in [0.2, 0.25) is 0 Å². The Balaban J connectivity index is 1.40. The molecular weight excluding hydrogens is 424 g/mol. The zero-order chi connectivity index (χ0) is 23.0. The average molecular weight is 455 g/mol. The number of nitrogens with one attached hydrogen (secondary N) is 1. The van der Waals surface area contributed by atoms with Gasteiger partial charge in [0.25, 0.3) is 0 Å². The highest BCUT2D eigenvalue weighted by Gasteiger charge is 2.39. The third kappa shape index (κ3) is 4.72. The lowest BCUT2D eigenvalue weighted by atomic mass is 10.0. The lowest BCUT2D eigenvalue weighted by molar-refractivity contribution is -0.120. The van der Waals surface area contributed by atoms with Crippen molar-refractivity contribution in [3.05, 3.63) is 53.6 Å². The van der Waals surface area contributed by atoms with Crippen molar-refractivity contribution in [1.82, 2.24) is 0 Å². The number of carbonyl (C=O) groups excluding carboxylic acids is 2. The van der Waals surface area contributed by atoms with E-state index in [1.807, 2.05) is 36.1 Å². The van der Waals surface area contributed by atoms with E-state index in [9.17, 15) is 18.0 Å². The first-order valence-electron chi connectivity index (χ1n) is 11.2. The first-order valence-corrected chi connectivity index (χ1v) is 12.9. The van der Waals surface area contributed by atoms with Crippen molar-refractivity contribution in [1.29, 1.82) is 0 Å². The highest BCUT2D eigenvalue weighted by Crippen LogP contribution is 2.39. The molecule has 0 radical (unpaired) electrons. The Kier molecular flexibility index (Phi) is 6.12. The molecule has 1 saturated carbocycles. The van der Waals surface area contributed by atoms with Crippen LogP contribution in [0.5, 0.6) is 0 Å². The molecule has 0 unspecified atom stereocenters. The molecule has 2 amide bonds. The molecule has 6 nitrogen and oxygen atoms in total. The standard InChI is InChI=1S/C25H30N2O4S/c1-16(2)18-6-8-21(9-7-18)26-24(28)12-13-32(30,31)22-10-11-23-20(15-22)14-17(3)27(23)25(29)19-4-5-19/h6-11,15-17,19H,4-5,12-14H2,1-3H3,(H,26,28)/t17-/m0/s1. The second-order valence-corrected chi connectivity index (χ2v) is 11.3. The molecule has 1 aliphatic carbocycles. The van der Waals surface area contributed by atoms with Gasteiger partial charge in [0.2, 0.25) is 11.8 Å². The second kappa shape index (κ2) is 8.70. The average Bonchev–Trinajstić information content (AvgIpc) is 3.54. The van der Waals surface area contributed by atoms with E-state index < -0.39 is 9.84 Å². The van der Waals surface area contributed by atoms with Crippen LogP contribution in [0, 0.1) is 5.92 Å². The number of rotatable bonds is 7. The van der Waals surface area contributed by atoms with Crippen molar-refractivity contribution in [2.75, 3.05) is 16.0 Å². The quantitative estimate of drug-likeness (QED) is 0.676. The van der Waals surface area contributed by atoms with E-state index in [2.05, 4.69) is 19.2 Å². The van der Waals surface area contributed by atoms with Crippen molar-refractivity contribution in [2.24, 2.45) is 5.92 Å². The van der Waals surface area contributed by atoms with Crippen LogP contribution in [0.3, 0.4) is 0 Å². The van der Waals surface area contributed by atoms with Gasteiger partial charge in [0.05, 0.1) is 10.6 Å². The summed E-state index contributed by atoms with van der Waals surface area (Å²) in [5.41, 5.74) is 3.52. The molecule has 1 atom stereocenters. The van der Waals surface area contributed by atoms with Gasteiger partial charge in [0.15, 0.2) is 9.84 Å². The van der Waals surface area contributed by atoms with Crippen molar-refractivity contribution >= 4 is 33.0 Å². The van der Waals surface area contributed by atoms with Gasteiger partial charge >= 0.3 is 0 Å². The number of sulfone groups is 1. The Labute approximate surface area is 189 Å². The van der Waals surface area contributed by atoms with Crippen LogP contribution in [-0.4, -0.2) is 32.0 Å². The lowest BCUT2D eigenvalue weighted by Crippen LogP contribution is -2.36. The van der Waals surface area contributed by atoms with Crippen LogP contribution < -0.4 is 10.2 Å². The molecule has 7 heteroatoms. The molecule has 4 rings (SSSR count). The minimum absolute atomic E-state index is 0.0314. The fourth-order valence-electron chi connectivity index (χ4n) is 4.18. The Morgan fingerprint density at radius 3 is 2.41 bits per heavy atom. The molecule has 0 spiro atoms. The number of anilines is 2. The first-order chi connectivity index (χ1) is 15.2. The minimum atomic E-state index is -3.61. The molecule has 1 aliphatic heterocycles. The summed E-state index contributed by atoms with van der Waals surface area (Å²) in [7, 11) is -3.61. The second-order valence-electron chi connectivity index (χ2n) is 9.22. The smallest absolute Gasteiger partial charge is 0.230 e. The highest BCUT2D eigenvalue weighted by atomic mass is 32.2. The maximum absolute atomic E-state index is 12.9. The fourth-order valence-corrected chi connectivity index (χ4v) is 5.47. The number of hydrogen-bond donors (Lipinski definition) is 1. The molecule has 170 valence electrons. The Hall–Kier alpha value is -2.67. The number of amides is 2. The fraction of sp³-hybridized carbons (Fsp3) is 0.440. The molecule has 2 aliphatic rings. The number of fused-ring (bicyclic) bond motifs is 1. The number of nitrogens with zero attached hydrogens (tertiary/aromatic N) is 1. The van der Waals surface area contributed by atoms with Crippen LogP contribution in [0.4, 0.5) is 11.4 Å². The number of hydrogen-bond acceptors (Lipinski definition) is 4. The summed E-state index contributed by atoms with van der Waals surface area (Å²) in [5.74, 6) is 0.0694. The van der Waals surface area contributed by atoms with E-state index in [1.165, 1.54) is 5.56 Å². The van der Waals surface area contributed by atoms with Gasteiger partial charge in [-0.05, 0) is 73.6 Å². The van der Waals surface area contributed by atoms with Gasteiger partial charge in [-0.3, -0.25) is 9.59 Å². The predicted molar refractivity (Wildman–Crippen MR) is 126 cm³/mol. The van der Waals surface area contributed by atoms with Gasteiger partial charge in [-0.25, -0.2) is 8.42 Å². The van der Waals surface area contributed by atoms with Gasteiger partial charge in [0.1, 0.15) is 0 Å². The molecule has 0 saturated heterocycles. The van der Waals surface area contributed by atoms with Gasteiger partial charge < -0.3 is 10.2 Å². The third-order valence-electron chi connectivity index (χ3n) is 6.25. The Bertz CT molecular complexity index is 1140. The zero-order valence-corrected chi connectivity index (χ0v) is 19.6. The number of carbonyl (C=O) groups is 2. The topological polar surface area (TPSA) is 83.6 Å². The van der Waals surface area contributed by atoms with E-state index >= 15 is 0 Å². The summed E-state index contributed by atoms with van der Waals surface area (Å²) in [6, 6.07) is 12.6. The molecule has 1 fully saturated rings. The highest BCUT2D eigenvalue weighted by molar-refractivity contribution is 7.91. The number of benzene rings is 2. The van der Waals surface area contributed by atoms with E-state index in [4.69, 9.17) is 0 Å². The first kappa shape index (κ1) is 22.5. The van der Waals surface area contributed by atoms with Crippen molar-refractivity contribution in [3.63, 3.8) is 0 Å². The molecule has 2 aromatic carbocycles. The maximum Gasteiger partial charge on any atom is 0.230 e. The van der Waals surface area contributed by atoms with Crippen LogP contribution in [0.25, 0.3) is 0 Å². The van der Waals surface area contributed by atoms with Gasteiger partial charge in [-0.15, -0.1) is 0 Å². The monoisotopic (exact) mass is 454 g/mol. The molecule has 1 N–H and O–H groups in total. The summed E-state index contributed by atoms with van der Waals surface area (Å²) in [6.07, 6.45) is 2.40. The van der Waals surface area contributed by atoms with E-state index in [0.29, 0.717) is 18.0 Å². The van der Waals surface area contributed by atoms with Crippen molar-refractivity contribution in [2.45, 2.75) is 63.3 Å². The molecule has 1 heterocycles. The Morgan fingerprint density at radius 2 is 1.78 bits per heavy atom. The van der Waals surface area contributed by atoms with Crippen molar-refractivity contribution < 1.29 is 18.0 Å². The summed E-state index contributed by atoms with van der Waals surface area (Å²) < 4.78 is 25.7. The molecular formula is C25H30N2O4S. The molecule has 0 bridgehead atoms. The van der Waals surface area contributed by atoms with Crippen LogP contribution in [-0.2, 0) is 25.8 Å². The van der Waals surface area contributed by atoms with E-state index in [1.54, 1.807) is 18.2 Å². The summed E-state index contributed by atoms with van der Waals surface area (Å²) in [6.45, 7) is 6.19. The van der Waals surface area contributed by atoms with Crippen LogP contribution in [0.1, 0.15) is 57.1 Å². The van der Waals surface area contributed by atoms with Crippen LogP contribution in [0.15, 0.2) is 47.4 Å². The van der Waals surface area contributed by atoms with E-state index in [0.717, 1.165) is 24.1 Å². The normalized spacial score (nSPS) is 18.0. The van der Waals surface area contributed by atoms with Gasteiger partial charge in [-0.1, -0.05) is 26.0 Å². The summed E-state index contributed by atoms with van der Waals surface area (Å²) in [5, 5.41) is 2.77. The largest absolute Gasteiger partial charge is 0.326 e. The van der Waals surface area contributed by atoms with Gasteiger partial charge in [0, 0.05) is 29.8 Å². The SMILES string of the molecule is CC(C)c1ccc(NC(=O)CCS(=O)(=O)c2ccc3c(c2)C[C@H](C)N3C(=O)C2CC2)cc1. The van der Waals surface area contributed by atoms with E-state index in [-0.39, 0.29) is 40.8 Å². The zero-order valence-electron chi connectivity index (χ0n) is 18.8. The summed E-state index contributed by atoms with van der Waals surface area (Å²) in [4.78, 5) is 26.9. The Morgan fingerprint density at radius 1 is 1.09 bits per heavy atom. The third-order valence-corrected chi connectivity index (χ3v) is 7.96. The summed E-state index contributed by atoms with van der Waals surface area (Å²) >= 11 is 0.